The minimum atomic E-state index is -1.30. The van der Waals surface area contributed by atoms with Crippen molar-refractivity contribution < 1.29 is 33.7 Å². The van der Waals surface area contributed by atoms with Crippen molar-refractivity contribution >= 4 is 29.3 Å². The summed E-state index contributed by atoms with van der Waals surface area (Å²) >= 11 is 0. The fourth-order valence-corrected chi connectivity index (χ4v) is 4.67. The second kappa shape index (κ2) is 11.1. The number of carbonyl (C=O) groups is 3. The molecule has 0 spiro atoms. The first-order chi connectivity index (χ1) is 18.3. The molecule has 0 radical (unpaired) electrons. The molecule has 1 fully saturated rings. The molecule has 0 amide bonds. The summed E-state index contributed by atoms with van der Waals surface area (Å²) < 4.78 is 15.5. The van der Waals surface area contributed by atoms with E-state index in [1.165, 1.54) is 6.07 Å². The average Bonchev–Trinajstić information content (AvgIpc) is 2.96. The smallest absolute Gasteiger partial charge is 0.355 e. The van der Waals surface area contributed by atoms with E-state index in [4.69, 9.17) is 19.9 Å². The monoisotopic (exact) mass is 518 g/mol. The van der Waals surface area contributed by atoms with Gasteiger partial charge in [-0.15, -0.1) is 0 Å². The van der Waals surface area contributed by atoms with Crippen molar-refractivity contribution in [2.75, 3.05) is 50.3 Å². The predicted molar refractivity (Wildman–Crippen MR) is 136 cm³/mol. The van der Waals surface area contributed by atoms with Gasteiger partial charge in [0.05, 0.1) is 61.8 Å². The molecule has 2 heterocycles. The van der Waals surface area contributed by atoms with Gasteiger partial charge in [0.1, 0.15) is 11.5 Å². The van der Waals surface area contributed by atoms with Crippen LogP contribution >= 0.6 is 0 Å². The largest absolute Gasteiger partial charge is 0.478 e. The zero-order chi connectivity index (χ0) is 27.4. The van der Waals surface area contributed by atoms with Crippen molar-refractivity contribution in [2.45, 2.75) is 5.92 Å². The van der Waals surface area contributed by atoms with Crippen LogP contribution in [0.4, 0.5) is 11.4 Å². The lowest BCUT2D eigenvalue weighted by Crippen LogP contribution is -2.41. The lowest BCUT2D eigenvalue weighted by molar-refractivity contribution is -0.139. The SMILES string of the molecule is COC(=O)C1=C(C(=O)OC)N(c2cc(N3CCOCC3)ccc2C(=O)O)C(N)=C(C#N)C1c1ccccc1. The average molecular weight is 519 g/mol. The number of methoxy groups -OCH3 is 2. The summed E-state index contributed by atoms with van der Waals surface area (Å²) in [4.78, 5) is 41.9. The summed E-state index contributed by atoms with van der Waals surface area (Å²) in [6.07, 6.45) is 0. The van der Waals surface area contributed by atoms with Gasteiger partial charge in [-0.2, -0.15) is 5.26 Å². The number of hydrogen-bond donors (Lipinski definition) is 2. The van der Waals surface area contributed by atoms with Crippen molar-refractivity contribution in [2.24, 2.45) is 5.73 Å². The summed E-state index contributed by atoms with van der Waals surface area (Å²) in [7, 11) is 2.27. The minimum Gasteiger partial charge on any atom is -0.478 e. The van der Waals surface area contributed by atoms with Gasteiger partial charge in [-0.25, -0.2) is 14.4 Å². The Kier molecular flexibility index (Phi) is 7.64. The van der Waals surface area contributed by atoms with E-state index in [1.807, 2.05) is 4.90 Å². The summed E-state index contributed by atoms with van der Waals surface area (Å²) in [5, 5.41) is 20.2. The number of ether oxygens (including phenoxy) is 3. The standard InChI is InChI=1S/C27H26N4O7/c1-36-26(34)22-21(16-6-4-3-5-7-16)19(15-28)24(29)31(23(22)27(35)37-2)20-14-17(8-9-18(20)25(32)33)30-10-12-38-13-11-30/h3-9,14,21H,10-13,29H2,1-2H3,(H,32,33). The van der Waals surface area contributed by atoms with E-state index in [2.05, 4.69) is 6.07 Å². The van der Waals surface area contributed by atoms with Crippen LogP contribution in [0.3, 0.4) is 0 Å². The molecule has 0 saturated carbocycles. The highest BCUT2D eigenvalue weighted by atomic mass is 16.5. The number of carboxylic acid groups (broad SMARTS) is 1. The molecule has 11 nitrogen and oxygen atoms in total. The number of hydrogen-bond acceptors (Lipinski definition) is 10. The molecule has 1 saturated heterocycles. The fraction of sp³-hybridized carbons (Fsp3) is 0.259. The van der Waals surface area contributed by atoms with Gasteiger partial charge in [0.15, 0.2) is 0 Å². The number of carboxylic acids is 1. The quantitative estimate of drug-likeness (QED) is 0.540. The number of benzene rings is 2. The van der Waals surface area contributed by atoms with Crippen LogP contribution < -0.4 is 15.5 Å². The zero-order valence-corrected chi connectivity index (χ0v) is 20.8. The van der Waals surface area contributed by atoms with Gasteiger partial charge in [0, 0.05) is 18.8 Å². The highest BCUT2D eigenvalue weighted by Crippen LogP contribution is 2.44. The molecule has 1 atom stereocenters. The van der Waals surface area contributed by atoms with E-state index in [-0.39, 0.29) is 33.9 Å². The summed E-state index contributed by atoms with van der Waals surface area (Å²) in [5.74, 6) is -4.43. The molecule has 3 N–H and O–H groups in total. The molecule has 11 heteroatoms. The number of nitrogens with two attached hydrogens (primary N) is 1. The van der Waals surface area contributed by atoms with E-state index in [1.54, 1.807) is 42.5 Å². The van der Waals surface area contributed by atoms with Crippen molar-refractivity contribution in [1.82, 2.24) is 0 Å². The number of nitrogens with zero attached hydrogens (tertiary/aromatic N) is 3. The Labute approximate surface area is 218 Å². The first-order valence-corrected chi connectivity index (χ1v) is 11.7. The van der Waals surface area contributed by atoms with Crippen molar-refractivity contribution in [3.8, 4) is 6.07 Å². The highest BCUT2D eigenvalue weighted by Gasteiger charge is 2.44. The van der Waals surface area contributed by atoms with Gasteiger partial charge in [-0.3, -0.25) is 4.90 Å². The van der Waals surface area contributed by atoms with Crippen molar-refractivity contribution in [1.29, 1.82) is 5.26 Å². The third-order valence-corrected chi connectivity index (χ3v) is 6.44. The number of aromatic carboxylic acids is 1. The fourth-order valence-electron chi connectivity index (χ4n) is 4.67. The number of morpholine rings is 1. The summed E-state index contributed by atoms with van der Waals surface area (Å²) in [6.45, 7) is 2.09. The Morgan fingerprint density at radius 1 is 1.05 bits per heavy atom. The highest BCUT2D eigenvalue weighted by molar-refractivity contribution is 6.08. The van der Waals surface area contributed by atoms with Crippen LogP contribution in [-0.4, -0.2) is 63.5 Å². The van der Waals surface area contributed by atoms with E-state index >= 15 is 0 Å². The van der Waals surface area contributed by atoms with Crippen LogP contribution in [0.1, 0.15) is 21.8 Å². The molecule has 4 rings (SSSR count). The summed E-state index contributed by atoms with van der Waals surface area (Å²) in [6, 6.07) is 15.2. The molecule has 2 aliphatic heterocycles. The van der Waals surface area contributed by atoms with E-state index in [9.17, 15) is 24.8 Å². The lowest BCUT2D eigenvalue weighted by Gasteiger charge is -2.37. The lowest BCUT2D eigenvalue weighted by atomic mass is 9.80. The number of allylic oxidation sites excluding steroid dienone is 1. The van der Waals surface area contributed by atoms with Crippen LogP contribution in [0.15, 0.2) is 71.2 Å². The molecule has 38 heavy (non-hydrogen) atoms. The van der Waals surface area contributed by atoms with Crippen LogP contribution in [0.5, 0.6) is 0 Å². The van der Waals surface area contributed by atoms with E-state index in [0.717, 1.165) is 19.1 Å². The molecule has 1 unspecified atom stereocenters. The number of rotatable bonds is 6. The molecular formula is C27H26N4O7. The van der Waals surface area contributed by atoms with Gasteiger partial charge in [-0.1, -0.05) is 30.3 Å². The molecule has 2 aliphatic rings. The van der Waals surface area contributed by atoms with E-state index < -0.39 is 23.8 Å². The Hall–Kier alpha value is -4.82. The van der Waals surface area contributed by atoms with Crippen LogP contribution in [0.25, 0.3) is 0 Å². The maximum Gasteiger partial charge on any atom is 0.355 e. The molecule has 2 aromatic rings. The van der Waals surface area contributed by atoms with Crippen LogP contribution in [-0.2, 0) is 23.8 Å². The maximum absolute atomic E-state index is 13.3. The molecule has 196 valence electrons. The first-order valence-electron chi connectivity index (χ1n) is 11.7. The normalized spacial score (nSPS) is 17.7. The zero-order valence-electron chi connectivity index (χ0n) is 20.8. The molecule has 2 aromatic carbocycles. The van der Waals surface area contributed by atoms with Crippen LogP contribution in [0, 0.1) is 11.3 Å². The van der Waals surface area contributed by atoms with Gasteiger partial charge >= 0.3 is 17.9 Å². The maximum atomic E-state index is 13.3. The molecule has 0 bridgehead atoms. The topological polar surface area (TPSA) is 155 Å². The number of esters is 2. The molecular weight excluding hydrogens is 492 g/mol. The first kappa shape index (κ1) is 26.2. The Bertz CT molecular complexity index is 1370. The second-order valence-electron chi connectivity index (χ2n) is 8.44. The van der Waals surface area contributed by atoms with Gasteiger partial charge in [-0.05, 0) is 23.8 Å². The van der Waals surface area contributed by atoms with Crippen LogP contribution in [0.2, 0.25) is 0 Å². The molecule has 0 aromatic heterocycles. The number of carbonyl (C=O) groups excluding carboxylic acids is 2. The predicted octanol–water partition coefficient (Wildman–Crippen LogP) is 2.12. The minimum absolute atomic E-state index is 0.0138. The van der Waals surface area contributed by atoms with Gasteiger partial charge in [0.2, 0.25) is 0 Å². The van der Waals surface area contributed by atoms with Gasteiger partial charge in [0.25, 0.3) is 0 Å². The van der Waals surface area contributed by atoms with E-state index in [0.29, 0.717) is 37.6 Å². The van der Waals surface area contributed by atoms with Gasteiger partial charge < -0.3 is 30.0 Å². The number of nitriles is 1. The Balaban J connectivity index is 2.06. The second-order valence-corrected chi connectivity index (χ2v) is 8.44. The Morgan fingerprint density at radius 2 is 1.71 bits per heavy atom. The third kappa shape index (κ3) is 4.65. The summed E-state index contributed by atoms with van der Waals surface area (Å²) in [5.41, 5.74) is 6.88. The Morgan fingerprint density at radius 3 is 2.29 bits per heavy atom. The third-order valence-electron chi connectivity index (χ3n) is 6.44. The number of anilines is 2. The molecule has 0 aliphatic carbocycles. The van der Waals surface area contributed by atoms with Crippen molar-refractivity contribution in [3.05, 3.63) is 82.3 Å². The van der Waals surface area contributed by atoms with Crippen molar-refractivity contribution in [3.63, 3.8) is 0 Å².